The minimum absolute atomic E-state index is 0.0737. The van der Waals surface area contributed by atoms with Gasteiger partial charge in [-0.05, 0) is 61.2 Å². The molecule has 2 aromatic rings. The van der Waals surface area contributed by atoms with Crippen LogP contribution in [0.5, 0.6) is 0 Å². The molecule has 0 bridgehead atoms. The molecule has 2 aliphatic rings. The molecule has 8 heteroatoms. The van der Waals surface area contributed by atoms with Gasteiger partial charge in [-0.1, -0.05) is 25.0 Å². The van der Waals surface area contributed by atoms with Crippen LogP contribution in [0.15, 0.2) is 47.4 Å². The quantitative estimate of drug-likeness (QED) is 0.722. The smallest absolute Gasteiger partial charge is 0.262 e. The van der Waals surface area contributed by atoms with Gasteiger partial charge in [0, 0.05) is 5.69 Å². The van der Waals surface area contributed by atoms with E-state index < -0.39 is 10.0 Å². The van der Waals surface area contributed by atoms with Crippen LogP contribution in [0.2, 0.25) is 0 Å². The molecular weight excluding hydrogens is 414 g/mol. The molecule has 2 amide bonds. The SMILES string of the molecule is Cc1ccc(CN2C(=O)[C@@H]3CCCC[C@H]3C2=O)cc1S(=O)(=O)Nc1ccc(C#N)cc1. The van der Waals surface area contributed by atoms with Crippen molar-refractivity contribution in [3.8, 4) is 6.07 Å². The van der Waals surface area contributed by atoms with Crippen molar-refractivity contribution in [2.45, 2.75) is 44.0 Å². The highest BCUT2D eigenvalue weighted by Crippen LogP contribution is 2.38. The fourth-order valence-corrected chi connectivity index (χ4v) is 5.78. The summed E-state index contributed by atoms with van der Waals surface area (Å²) in [5, 5.41) is 8.89. The summed E-state index contributed by atoms with van der Waals surface area (Å²) in [4.78, 5) is 26.9. The monoisotopic (exact) mass is 437 g/mol. The first-order valence-corrected chi connectivity index (χ1v) is 11.8. The van der Waals surface area contributed by atoms with Gasteiger partial charge in [0.05, 0.1) is 34.9 Å². The van der Waals surface area contributed by atoms with Crippen molar-refractivity contribution in [1.29, 1.82) is 5.26 Å². The lowest BCUT2D eigenvalue weighted by Crippen LogP contribution is -2.30. The van der Waals surface area contributed by atoms with Gasteiger partial charge in [-0.3, -0.25) is 19.2 Å². The average Bonchev–Trinajstić information content (AvgIpc) is 3.00. The van der Waals surface area contributed by atoms with Crippen molar-refractivity contribution in [3.63, 3.8) is 0 Å². The second kappa shape index (κ2) is 8.16. The Bertz CT molecular complexity index is 1160. The third-order valence-corrected chi connectivity index (χ3v) is 7.60. The number of carbonyl (C=O) groups excluding carboxylic acids is 2. The minimum atomic E-state index is -3.89. The van der Waals surface area contributed by atoms with E-state index in [9.17, 15) is 18.0 Å². The lowest BCUT2D eigenvalue weighted by Gasteiger charge is -2.19. The topological polar surface area (TPSA) is 107 Å². The number of carbonyl (C=O) groups is 2. The number of hydrogen-bond acceptors (Lipinski definition) is 5. The predicted molar refractivity (Wildman–Crippen MR) is 114 cm³/mol. The standard InChI is InChI=1S/C23H23N3O4S/c1-15-6-7-17(14-26-22(27)19-4-2-3-5-20(19)23(26)28)12-21(15)31(29,30)25-18-10-8-16(13-24)9-11-18/h6-12,19-20,25H,2-5,14H2,1H3/t19-,20-/m1/s1. The number of fused-ring (bicyclic) bond motifs is 1. The molecule has 1 aliphatic carbocycles. The highest BCUT2D eigenvalue weighted by atomic mass is 32.2. The first kappa shape index (κ1) is 21.1. The zero-order valence-electron chi connectivity index (χ0n) is 17.2. The molecule has 160 valence electrons. The van der Waals surface area contributed by atoms with Gasteiger partial charge in [0.15, 0.2) is 0 Å². The summed E-state index contributed by atoms with van der Waals surface area (Å²) in [5.41, 5.74) is 1.92. The van der Waals surface area contributed by atoms with Crippen molar-refractivity contribution < 1.29 is 18.0 Å². The maximum atomic E-state index is 13.0. The Balaban J connectivity index is 1.57. The van der Waals surface area contributed by atoms with Crippen molar-refractivity contribution in [3.05, 3.63) is 59.2 Å². The molecular formula is C23H23N3O4S. The molecule has 1 heterocycles. The summed E-state index contributed by atoms with van der Waals surface area (Å²) in [6.07, 6.45) is 3.41. The van der Waals surface area contributed by atoms with E-state index in [1.54, 1.807) is 19.1 Å². The van der Waals surface area contributed by atoms with Crippen LogP contribution < -0.4 is 4.72 Å². The fraction of sp³-hybridized carbons (Fsp3) is 0.348. The number of rotatable bonds is 5. The Morgan fingerprint density at radius 1 is 1.03 bits per heavy atom. The summed E-state index contributed by atoms with van der Waals surface area (Å²) >= 11 is 0. The Kier molecular flexibility index (Phi) is 5.54. The number of benzene rings is 2. The molecule has 0 spiro atoms. The fourth-order valence-electron chi connectivity index (χ4n) is 4.42. The van der Waals surface area contributed by atoms with E-state index in [1.165, 1.54) is 35.2 Å². The Morgan fingerprint density at radius 2 is 1.65 bits per heavy atom. The van der Waals surface area contributed by atoms with Gasteiger partial charge in [-0.2, -0.15) is 5.26 Å². The van der Waals surface area contributed by atoms with E-state index >= 15 is 0 Å². The van der Waals surface area contributed by atoms with Gasteiger partial charge in [-0.25, -0.2) is 8.42 Å². The van der Waals surface area contributed by atoms with E-state index in [0.29, 0.717) is 22.4 Å². The van der Waals surface area contributed by atoms with Crippen molar-refractivity contribution in [2.75, 3.05) is 4.72 Å². The molecule has 1 N–H and O–H groups in total. The van der Waals surface area contributed by atoms with E-state index in [-0.39, 0.29) is 35.1 Å². The number of imide groups is 1. The zero-order chi connectivity index (χ0) is 22.2. The van der Waals surface area contributed by atoms with Crippen LogP contribution in [0, 0.1) is 30.1 Å². The Hall–Kier alpha value is -3.18. The molecule has 2 aromatic carbocycles. The molecule has 2 atom stereocenters. The lowest BCUT2D eigenvalue weighted by atomic mass is 9.81. The van der Waals surface area contributed by atoms with Crippen molar-refractivity contribution in [1.82, 2.24) is 4.90 Å². The summed E-state index contributed by atoms with van der Waals surface area (Å²) < 4.78 is 28.5. The first-order chi connectivity index (χ1) is 14.8. The summed E-state index contributed by atoms with van der Waals surface area (Å²) in [7, 11) is -3.89. The van der Waals surface area contributed by atoms with Crippen LogP contribution in [-0.4, -0.2) is 25.1 Å². The number of hydrogen-bond donors (Lipinski definition) is 1. The molecule has 2 fully saturated rings. The maximum absolute atomic E-state index is 13.0. The van der Waals surface area contributed by atoms with Crippen LogP contribution >= 0.6 is 0 Å². The molecule has 0 aromatic heterocycles. The van der Waals surface area contributed by atoms with E-state index in [2.05, 4.69) is 4.72 Å². The van der Waals surface area contributed by atoms with Crippen LogP contribution in [0.1, 0.15) is 42.4 Å². The molecule has 1 saturated heterocycles. The third kappa shape index (κ3) is 4.06. The van der Waals surface area contributed by atoms with Crippen LogP contribution in [0.3, 0.4) is 0 Å². The minimum Gasteiger partial charge on any atom is -0.280 e. The summed E-state index contributed by atoms with van der Waals surface area (Å²) in [5.74, 6) is -0.744. The Morgan fingerprint density at radius 3 is 2.23 bits per heavy atom. The molecule has 0 radical (unpaired) electrons. The molecule has 7 nitrogen and oxygen atoms in total. The third-order valence-electron chi connectivity index (χ3n) is 6.08. The van der Waals surface area contributed by atoms with Gasteiger partial charge >= 0.3 is 0 Å². The number of sulfonamides is 1. The highest BCUT2D eigenvalue weighted by molar-refractivity contribution is 7.92. The number of amides is 2. The Labute approximate surface area is 181 Å². The second-order valence-electron chi connectivity index (χ2n) is 8.15. The molecule has 0 unspecified atom stereocenters. The highest BCUT2D eigenvalue weighted by Gasteiger charge is 2.47. The van der Waals surface area contributed by atoms with E-state index in [1.807, 2.05) is 6.07 Å². The van der Waals surface area contributed by atoms with Gasteiger partial charge < -0.3 is 0 Å². The second-order valence-corrected chi connectivity index (χ2v) is 9.81. The number of likely N-dealkylation sites (tertiary alicyclic amines) is 1. The van der Waals surface area contributed by atoms with Crippen LogP contribution in [0.25, 0.3) is 0 Å². The zero-order valence-corrected chi connectivity index (χ0v) is 18.0. The summed E-state index contributed by atoms with van der Waals surface area (Å²) in [6.45, 7) is 1.77. The molecule has 1 aliphatic heterocycles. The van der Waals surface area contributed by atoms with Gasteiger partial charge in [0.1, 0.15) is 0 Å². The number of nitrogens with one attached hydrogen (secondary N) is 1. The normalized spacial score (nSPS) is 21.0. The molecule has 31 heavy (non-hydrogen) atoms. The predicted octanol–water partition coefficient (Wildman–Crippen LogP) is 3.34. The number of aryl methyl sites for hydroxylation is 1. The first-order valence-electron chi connectivity index (χ1n) is 10.3. The molecule has 1 saturated carbocycles. The lowest BCUT2D eigenvalue weighted by molar-refractivity contribution is -0.140. The average molecular weight is 438 g/mol. The van der Waals surface area contributed by atoms with Crippen molar-refractivity contribution in [2.24, 2.45) is 11.8 Å². The molecule has 4 rings (SSSR count). The van der Waals surface area contributed by atoms with Gasteiger partial charge in [0.25, 0.3) is 10.0 Å². The summed E-state index contributed by atoms with van der Waals surface area (Å²) in [6, 6.07) is 13.1. The van der Waals surface area contributed by atoms with Crippen LogP contribution in [-0.2, 0) is 26.2 Å². The van der Waals surface area contributed by atoms with Crippen LogP contribution in [0.4, 0.5) is 5.69 Å². The number of anilines is 1. The van der Waals surface area contributed by atoms with Gasteiger partial charge in [0.2, 0.25) is 11.8 Å². The largest absolute Gasteiger partial charge is 0.280 e. The van der Waals surface area contributed by atoms with Gasteiger partial charge in [-0.15, -0.1) is 0 Å². The maximum Gasteiger partial charge on any atom is 0.262 e. The van der Waals surface area contributed by atoms with E-state index in [4.69, 9.17) is 5.26 Å². The van der Waals surface area contributed by atoms with E-state index in [0.717, 1.165) is 25.7 Å². The number of nitrogens with zero attached hydrogens (tertiary/aromatic N) is 2. The van der Waals surface area contributed by atoms with Crippen molar-refractivity contribution >= 4 is 27.5 Å². The number of nitriles is 1.